The number of carbonyl (C=O) groups excluding carboxylic acids is 1. The van der Waals surface area contributed by atoms with Gasteiger partial charge in [0.25, 0.3) is 5.91 Å². The highest BCUT2D eigenvalue weighted by Crippen LogP contribution is 2.27. The molecular weight excluding hydrogens is 238 g/mol. The number of rotatable bonds is 5. The molecule has 1 aromatic heterocycles. The minimum Gasteiger partial charge on any atom is -0.368 e. The molecule has 0 spiro atoms. The molecule has 0 unspecified atom stereocenters. The molecule has 19 heavy (non-hydrogen) atoms. The Morgan fingerprint density at radius 2 is 2.21 bits per heavy atom. The van der Waals surface area contributed by atoms with E-state index in [1.54, 1.807) is 11.0 Å². The van der Waals surface area contributed by atoms with Gasteiger partial charge in [-0.1, -0.05) is 12.5 Å². The normalized spacial score (nSPS) is 15.2. The van der Waals surface area contributed by atoms with Gasteiger partial charge < -0.3 is 10.2 Å². The van der Waals surface area contributed by atoms with Crippen LogP contribution in [-0.2, 0) is 0 Å². The van der Waals surface area contributed by atoms with Gasteiger partial charge in [-0.3, -0.25) is 4.79 Å². The zero-order chi connectivity index (χ0) is 13.8. The summed E-state index contributed by atoms with van der Waals surface area (Å²) in [4.78, 5) is 18.5. The van der Waals surface area contributed by atoms with Gasteiger partial charge in [-0.25, -0.2) is 4.98 Å². The Bertz CT molecular complexity index is 441. The first kappa shape index (κ1) is 13.8. The fourth-order valence-electron chi connectivity index (χ4n) is 2.27. The van der Waals surface area contributed by atoms with Crippen LogP contribution in [0.2, 0.25) is 0 Å². The van der Waals surface area contributed by atoms with Crippen LogP contribution in [0.15, 0.2) is 18.2 Å². The third-order valence-corrected chi connectivity index (χ3v) is 3.51. The van der Waals surface area contributed by atoms with Crippen molar-refractivity contribution in [1.29, 1.82) is 0 Å². The average Bonchev–Trinajstić information content (AvgIpc) is 2.32. The molecule has 1 amide bonds. The number of amides is 1. The number of nitrogens with zero attached hydrogens (tertiary/aromatic N) is 2. The molecule has 0 radical (unpaired) electrons. The van der Waals surface area contributed by atoms with E-state index < -0.39 is 0 Å². The van der Waals surface area contributed by atoms with Crippen LogP contribution < -0.4 is 5.32 Å². The molecule has 0 saturated heterocycles. The van der Waals surface area contributed by atoms with Crippen LogP contribution >= 0.6 is 0 Å². The molecule has 1 saturated carbocycles. The van der Waals surface area contributed by atoms with Crippen molar-refractivity contribution in [2.75, 3.05) is 18.9 Å². The third kappa shape index (κ3) is 3.69. The molecule has 1 heterocycles. The summed E-state index contributed by atoms with van der Waals surface area (Å²) in [6, 6.07) is 5.86. The van der Waals surface area contributed by atoms with Crippen molar-refractivity contribution in [3.05, 3.63) is 23.9 Å². The van der Waals surface area contributed by atoms with Crippen molar-refractivity contribution in [2.45, 2.75) is 39.2 Å². The predicted octanol–water partition coefficient (Wildman–Crippen LogP) is 2.77. The minimum absolute atomic E-state index is 0.0132. The van der Waals surface area contributed by atoms with Crippen LogP contribution in [0.3, 0.4) is 0 Å². The lowest BCUT2D eigenvalue weighted by atomic mass is 9.85. The quantitative estimate of drug-likeness (QED) is 0.886. The lowest BCUT2D eigenvalue weighted by Crippen LogP contribution is -2.34. The van der Waals surface area contributed by atoms with Crippen LogP contribution in [0.25, 0.3) is 0 Å². The second-order valence-electron chi connectivity index (χ2n) is 5.69. The SMILES string of the molecule is CC(C)Nc1cccc(C(=O)N(C)CC2CCC2)n1. The molecule has 1 aliphatic carbocycles. The second kappa shape index (κ2) is 6.04. The molecule has 1 aromatic rings. The highest BCUT2D eigenvalue weighted by Gasteiger charge is 2.22. The maximum absolute atomic E-state index is 12.3. The molecule has 1 aliphatic rings. The Balaban J connectivity index is 2.00. The van der Waals surface area contributed by atoms with Crippen LogP contribution in [0.1, 0.15) is 43.6 Å². The largest absolute Gasteiger partial charge is 0.368 e. The van der Waals surface area contributed by atoms with E-state index in [1.165, 1.54) is 19.3 Å². The molecule has 1 N–H and O–H groups in total. The summed E-state index contributed by atoms with van der Waals surface area (Å²) in [5.74, 6) is 1.46. The summed E-state index contributed by atoms with van der Waals surface area (Å²) in [6.45, 7) is 4.96. The summed E-state index contributed by atoms with van der Waals surface area (Å²) < 4.78 is 0. The topological polar surface area (TPSA) is 45.2 Å². The van der Waals surface area contributed by atoms with Crippen LogP contribution in [-0.4, -0.2) is 35.4 Å². The van der Waals surface area contributed by atoms with Gasteiger partial charge >= 0.3 is 0 Å². The molecule has 0 aromatic carbocycles. The van der Waals surface area contributed by atoms with E-state index in [2.05, 4.69) is 24.1 Å². The van der Waals surface area contributed by atoms with Gasteiger partial charge in [0.05, 0.1) is 0 Å². The van der Waals surface area contributed by atoms with E-state index in [4.69, 9.17) is 0 Å². The molecule has 0 bridgehead atoms. The first-order chi connectivity index (χ1) is 9.06. The van der Waals surface area contributed by atoms with Crippen molar-refractivity contribution >= 4 is 11.7 Å². The summed E-state index contributed by atoms with van der Waals surface area (Å²) in [5.41, 5.74) is 0.521. The average molecular weight is 261 g/mol. The molecule has 1 fully saturated rings. The standard InChI is InChI=1S/C15H23N3O/c1-11(2)16-14-9-5-8-13(17-14)15(19)18(3)10-12-6-4-7-12/h5,8-9,11-12H,4,6-7,10H2,1-3H3,(H,16,17). The fourth-order valence-corrected chi connectivity index (χ4v) is 2.27. The van der Waals surface area contributed by atoms with Gasteiger partial charge in [0.15, 0.2) is 0 Å². The maximum atomic E-state index is 12.3. The van der Waals surface area contributed by atoms with Crippen molar-refractivity contribution in [3.63, 3.8) is 0 Å². The number of anilines is 1. The monoisotopic (exact) mass is 261 g/mol. The molecule has 0 aliphatic heterocycles. The number of carbonyl (C=O) groups is 1. The van der Waals surface area contributed by atoms with Crippen molar-refractivity contribution in [2.24, 2.45) is 5.92 Å². The van der Waals surface area contributed by atoms with E-state index in [0.717, 1.165) is 12.4 Å². The van der Waals surface area contributed by atoms with E-state index in [9.17, 15) is 4.79 Å². The molecule has 0 atom stereocenters. The molecule has 104 valence electrons. The van der Waals surface area contributed by atoms with E-state index >= 15 is 0 Å². The fraction of sp³-hybridized carbons (Fsp3) is 0.600. The van der Waals surface area contributed by atoms with Crippen LogP contribution in [0.5, 0.6) is 0 Å². The van der Waals surface area contributed by atoms with Gasteiger partial charge in [0, 0.05) is 19.6 Å². The molecule has 4 heteroatoms. The van der Waals surface area contributed by atoms with E-state index in [1.807, 2.05) is 19.2 Å². The Hall–Kier alpha value is -1.58. The van der Waals surface area contributed by atoms with Crippen LogP contribution in [0, 0.1) is 5.92 Å². The number of nitrogens with one attached hydrogen (secondary N) is 1. The van der Waals surface area contributed by atoms with Gasteiger partial charge in [-0.2, -0.15) is 0 Å². The van der Waals surface area contributed by atoms with Gasteiger partial charge in [0.2, 0.25) is 0 Å². The van der Waals surface area contributed by atoms with Crippen molar-refractivity contribution < 1.29 is 4.79 Å². The number of hydrogen-bond donors (Lipinski definition) is 1. The lowest BCUT2D eigenvalue weighted by molar-refractivity contribution is 0.0739. The van der Waals surface area contributed by atoms with Gasteiger partial charge in [-0.05, 0) is 44.7 Å². The lowest BCUT2D eigenvalue weighted by Gasteiger charge is -2.30. The number of pyridine rings is 1. The first-order valence-electron chi connectivity index (χ1n) is 7.05. The Kier molecular flexibility index (Phi) is 4.40. The van der Waals surface area contributed by atoms with E-state index in [-0.39, 0.29) is 5.91 Å². The van der Waals surface area contributed by atoms with Gasteiger partial charge in [0.1, 0.15) is 11.5 Å². The summed E-state index contributed by atoms with van der Waals surface area (Å²) in [7, 11) is 1.87. The minimum atomic E-state index is 0.0132. The molecule has 2 rings (SSSR count). The summed E-state index contributed by atoms with van der Waals surface area (Å²) in [5, 5.41) is 3.22. The zero-order valence-corrected chi connectivity index (χ0v) is 12.0. The zero-order valence-electron chi connectivity index (χ0n) is 12.0. The van der Waals surface area contributed by atoms with Crippen molar-refractivity contribution in [1.82, 2.24) is 9.88 Å². The summed E-state index contributed by atoms with van der Waals surface area (Å²) in [6.07, 6.45) is 3.80. The highest BCUT2D eigenvalue weighted by atomic mass is 16.2. The smallest absolute Gasteiger partial charge is 0.272 e. The number of hydrogen-bond acceptors (Lipinski definition) is 3. The van der Waals surface area contributed by atoms with Gasteiger partial charge in [-0.15, -0.1) is 0 Å². The predicted molar refractivity (Wildman–Crippen MR) is 77.3 cm³/mol. The second-order valence-corrected chi connectivity index (χ2v) is 5.69. The molecular formula is C15H23N3O. The van der Waals surface area contributed by atoms with Crippen molar-refractivity contribution in [3.8, 4) is 0 Å². The maximum Gasteiger partial charge on any atom is 0.272 e. The van der Waals surface area contributed by atoms with Crippen LogP contribution in [0.4, 0.5) is 5.82 Å². The Labute approximate surface area is 115 Å². The highest BCUT2D eigenvalue weighted by molar-refractivity contribution is 5.92. The Morgan fingerprint density at radius 3 is 2.79 bits per heavy atom. The number of aromatic nitrogens is 1. The first-order valence-corrected chi connectivity index (χ1v) is 7.05. The molecule has 4 nitrogen and oxygen atoms in total. The third-order valence-electron chi connectivity index (χ3n) is 3.51. The summed E-state index contributed by atoms with van der Waals surface area (Å²) >= 11 is 0. The Morgan fingerprint density at radius 1 is 1.47 bits per heavy atom. The van der Waals surface area contributed by atoms with E-state index in [0.29, 0.717) is 17.7 Å².